The normalized spacial score (nSPS) is 13.5. The lowest BCUT2D eigenvalue weighted by molar-refractivity contribution is 0.0914. The second-order valence-electron chi connectivity index (χ2n) is 8.42. The number of aryl methyl sites for hydroxylation is 1. The number of pyridine rings is 1. The molecule has 0 spiro atoms. The van der Waals surface area contributed by atoms with Gasteiger partial charge in [-0.15, -0.1) is 0 Å². The van der Waals surface area contributed by atoms with Gasteiger partial charge in [0.25, 0.3) is 5.91 Å². The predicted molar refractivity (Wildman–Crippen MR) is 135 cm³/mol. The second kappa shape index (κ2) is 10.4. The first kappa shape index (κ1) is 22.6. The lowest BCUT2D eigenvalue weighted by atomic mass is 10.0. The monoisotopic (exact) mass is 469 g/mol. The summed E-state index contributed by atoms with van der Waals surface area (Å²) < 4.78 is 10.8. The summed E-state index contributed by atoms with van der Waals surface area (Å²) in [5.41, 5.74) is 6.55. The quantitative estimate of drug-likeness (QED) is 0.410. The molecule has 1 saturated heterocycles. The standard InChI is InChI=1S/C27H27N5O3/c1-19-7-8-22(30-21-5-2-6-23(14-21)32-10-12-34-13-11-32)15-24(19)25-16-26(35-31-25)27(33)29-18-20-4-3-9-28-17-20/h2-9,14-17,30H,10-13,18H2,1H3,(H,29,33). The van der Waals surface area contributed by atoms with Gasteiger partial charge in [-0.25, -0.2) is 0 Å². The van der Waals surface area contributed by atoms with Gasteiger partial charge in [-0.3, -0.25) is 9.78 Å². The van der Waals surface area contributed by atoms with E-state index in [1.807, 2.05) is 43.3 Å². The number of aromatic nitrogens is 2. The molecule has 0 unspecified atom stereocenters. The molecule has 8 heteroatoms. The van der Waals surface area contributed by atoms with Gasteiger partial charge in [0.1, 0.15) is 5.69 Å². The number of rotatable bonds is 7. The first-order chi connectivity index (χ1) is 17.2. The Morgan fingerprint density at radius 1 is 1.03 bits per heavy atom. The van der Waals surface area contributed by atoms with Crippen LogP contribution in [0.5, 0.6) is 0 Å². The Morgan fingerprint density at radius 3 is 2.71 bits per heavy atom. The van der Waals surface area contributed by atoms with E-state index in [0.29, 0.717) is 12.2 Å². The van der Waals surface area contributed by atoms with E-state index >= 15 is 0 Å². The summed E-state index contributed by atoms with van der Waals surface area (Å²) in [6.07, 6.45) is 3.41. The summed E-state index contributed by atoms with van der Waals surface area (Å²) in [6.45, 7) is 5.66. The first-order valence-electron chi connectivity index (χ1n) is 11.6. The summed E-state index contributed by atoms with van der Waals surface area (Å²) in [6, 6.07) is 19.8. The van der Waals surface area contributed by atoms with Gasteiger partial charge in [0.15, 0.2) is 0 Å². The molecular weight excluding hydrogens is 442 g/mol. The van der Waals surface area contributed by atoms with Crippen LogP contribution in [0.4, 0.5) is 17.1 Å². The van der Waals surface area contributed by atoms with E-state index in [4.69, 9.17) is 9.26 Å². The zero-order valence-electron chi connectivity index (χ0n) is 19.5. The molecule has 1 aliphatic heterocycles. The molecule has 3 heterocycles. The van der Waals surface area contributed by atoms with Gasteiger partial charge in [0.05, 0.1) is 13.2 Å². The number of ether oxygens (including phenoxy) is 1. The van der Waals surface area contributed by atoms with Crippen molar-refractivity contribution in [1.82, 2.24) is 15.5 Å². The van der Waals surface area contributed by atoms with E-state index in [1.54, 1.807) is 18.5 Å². The highest BCUT2D eigenvalue weighted by Crippen LogP contribution is 2.29. The van der Waals surface area contributed by atoms with E-state index in [0.717, 1.165) is 54.4 Å². The maximum atomic E-state index is 12.5. The smallest absolute Gasteiger partial charge is 0.290 e. The van der Waals surface area contributed by atoms with Crippen molar-refractivity contribution in [2.24, 2.45) is 0 Å². The van der Waals surface area contributed by atoms with Crippen molar-refractivity contribution >= 4 is 23.0 Å². The third-order valence-electron chi connectivity index (χ3n) is 5.93. The molecule has 0 aliphatic carbocycles. The van der Waals surface area contributed by atoms with Crippen LogP contribution in [0.25, 0.3) is 11.3 Å². The van der Waals surface area contributed by atoms with Gasteiger partial charge in [-0.2, -0.15) is 0 Å². The molecule has 5 rings (SSSR count). The zero-order chi connectivity index (χ0) is 24.0. The van der Waals surface area contributed by atoms with Gasteiger partial charge in [-0.05, 0) is 54.4 Å². The maximum Gasteiger partial charge on any atom is 0.290 e. The summed E-state index contributed by atoms with van der Waals surface area (Å²) in [5, 5.41) is 10.5. The van der Waals surface area contributed by atoms with Crippen LogP contribution >= 0.6 is 0 Å². The summed E-state index contributed by atoms with van der Waals surface area (Å²) in [7, 11) is 0. The lowest BCUT2D eigenvalue weighted by Crippen LogP contribution is -2.36. The van der Waals surface area contributed by atoms with Crippen molar-refractivity contribution in [3.8, 4) is 11.3 Å². The van der Waals surface area contributed by atoms with Crippen LogP contribution in [0.1, 0.15) is 21.7 Å². The molecule has 0 atom stereocenters. The van der Waals surface area contributed by atoms with Gasteiger partial charge in [0.2, 0.25) is 5.76 Å². The van der Waals surface area contributed by atoms with Gasteiger partial charge >= 0.3 is 0 Å². The summed E-state index contributed by atoms with van der Waals surface area (Å²) in [4.78, 5) is 18.9. The fraction of sp³-hybridized carbons (Fsp3) is 0.222. The topological polar surface area (TPSA) is 92.5 Å². The Labute approximate surface area is 203 Å². The number of amides is 1. The molecule has 2 aromatic carbocycles. The maximum absolute atomic E-state index is 12.5. The van der Waals surface area contributed by atoms with E-state index in [2.05, 4.69) is 43.9 Å². The molecule has 8 nitrogen and oxygen atoms in total. The molecule has 2 aromatic heterocycles. The van der Waals surface area contributed by atoms with Crippen LogP contribution < -0.4 is 15.5 Å². The number of carbonyl (C=O) groups is 1. The number of carbonyl (C=O) groups excluding carboxylic acids is 1. The van der Waals surface area contributed by atoms with Crippen LogP contribution in [-0.4, -0.2) is 42.4 Å². The Hall–Kier alpha value is -4.17. The number of nitrogens with one attached hydrogen (secondary N) is 2. The summed E-state index contributed by atoms with van der Waals surface area (Å²) in [5.74, 6) is -0.153. The van der Waals surface area contributed by atoms with Gasteiger partial charge < -0.3 is 24.8 Å². The molecule has 0 bridgehead atoms. The van der Waals surface area contributed by atoms with Crippen LogP contribution in [0.15, 0.2) is 77.6 Å². The minimum atomic E-state index is -0.320. The number of benzene rings is 2. The molecule has 1 amide bonds. The molecule has 0 saturated carbocycles. The Balaban J connectivity index is 1.29. The summed E-state index contributed by atoms with van der Waals surface area (Å²) >= 11 is 0. The van der Waals surface area contributed by atoms with Crippen LogP contribution in [0, 0.1) is 6.92 Å². The lowest BCUT2D eigenvalue weighted by Gasteiger charge is -2.29. The number of nitrogens with zero attached hydrogens (tertiary/aromatic N) is 3. The fourth-order valence-corrected chi connectivity index (χ4v) is 4.03. The Morgan fingerprint density at radius 2 is 1.89 bits per heavy atom. The zero-order valence-corrected chi connectivity index (χ0v) is 19.5. The Kier molecular flexibility index (Phi) is 6.72. The van der Waals surface area contributed by atoms with Crippen LogP contribution in [-0.2, 0) is 11.3 Å². The Bertz CT molecular complexity index is 1300. The number of morpholine rings is 1. The molecule has 178 valence electrons. The minimum Gasteiger partial charge on any atom is -0.378 e. The van der Waals surface area contributed by atoms with E-state index < -0.39 is 0 Å². The molecule has 4 aromatic rings. The highest BCUT2D eigenvalue weighted by atomic mass is 16.5. The van der Waals surface area contributed by atoms with Crippen molar-refractivity contribution in [2.75, 3.05) is 36.5 Å². The van der Waals surface area contributed by atoms with Crippen molar-refractivity contribution < 1.29 is 14.1 Å². The average Bonchev–Trinajstić information content (AvgIpc) is 3.40. The van der Waals surface area contributed by atoms with E-state index in [-0.39, 0.29) is 11.7 Å². The van der Waals surface area contributed by atoms with Crippen molar-refractivity contribution in [3.63, 3.8) is 0 Å². The largest absolute Gasteiger partial charge is 0.378 e. The average molecular weight is 470 g/mol. The highest BCUT2D eigenvalue weighted by molar-refractivity contribution is 5.92. The van der Waals surface area contributed by atoms with Crippen LogP contribution in [0.3, 0.4) is 0 Å². The van der Waals surface area contributed by atoms with E-state index in [1.165, 1.54) is 5.69 Å². The van der Waals surface area contributed by atoms with Crippen molar-refractivity contribution in [1.29, 1.82) is 0 Å². The minimum absolute atomic E-state index is 0.167. The molecule has 1 aliphatic rings. The molecule has 0 radical (unpaired) electrons. The molecule has 2 N–H and O–H groups in total. The van der Waals surface area contributed by atoms with Gasteiger partial charge in [0, 0.05) is 60.7 Å². The van der Waals surface area contributed by atoms with Crippen LogP contribution in [0.2, 0.25) is 0 Å². The third kappa shape index (κ3) is 5.50. The van der Waals surface area contributed by atoms with Gasteiger partial charge in [-0.1, -0.05) is 23.4 Å². The highest BCUT2D eigenvalue weighted by Gasteiger charge is 2.16. The number of hydrogen-bond donors (Lipinski definition) is 2. The molecule has 35 heavy (non-hydrogen) atoms. The van der Waals surface area contributed by atoms with Crippen molar-refractivity contribution in [2.45, 2.75) is 13.5 Å². The SMILES string of the molecule is Cc1ccc(Nc2cccc(N3CCOCC3)c2)cc1-c1cc(C(=O)NCc2cccnc2)on1. The number of anilines is 3. The second-order valence-corrected chi connectivity index (χ2v) is 8.42. The van der Waals surface area contributed by atoms with Crippen molar-refractivity contribution in [3.05, 3.63) is 89.9 Å². The first-order valence-corrected chi connectivity index (χ1v) is 11.6. The fourth-order valence-electron chi connectivity index (χ4n) is 4.03. The van der Waals surface area contributed by atoms with E-state index in [9.17, 15) is 4.79 Å². The third-order valence-corrected chi connectivity index (χ3v) is 5.93. The number of hydrogen-bond acceptors (Lipinski definition) is 7. The molecule has 1 fully saturated rings. The molecular formula is C27H27N5O3. The predicted octanol–water partition coefficient (Wildman–Crippen LogP) is 4.56.